The Morgan fingerprint density at radius 3 is 2.48 bits per heavy atom. The maximum Gasteiger partial charge on any atom is 0.471 e. The van der Waals surface area contributed by atoms with Gasteiger partial charge in [-0.15, -0.1) is 0 Å². The van der Waals surface area contributed by atoms with Crippen LogP contribution in [0.25, 0.3) is 0 Å². The van der Waals surface area contributed by atoms with Crippen molar-refractivity contribution in [3.8, 4) is 0 Å². The van der Waals surface area contributed by atoms with Gasteiger partial charge >= 0.3 is 12.1 Å². The lowest BCUT2D eigenvalue weighted by Gasteiger charge is -2.42. The van der Waals surface area contributed by atoms with Crippen LogP contribution in [0.15, 0.2) is 48.5 Å². The number of carbonyl (C=O) groups excluding carboxylic acids is 2. The molecule has 3 saturated heterocycles. The van der Waals surface area contributed by atoms with Gasteiger partial charge in [-0.1, -0.05) is 43.3 Å². The van der Waals surface area contributed by atoms with Gasteiger partial charge < -0.3 is 29.9 Å². The lowest BCUT2D eigenvalue weighted by atomic mass is 9.90. The zero-order valence-corrected chi connectivity index (χ0v) is 23.3. The number of nitrogens with one attached hydrogen (secondary N) is 1. The predicted molar refractivity (Wildman–Crippen MR) is 146 cm³/mol. The largest absolute Gasteiger partial charge is 0.471 e. The molecular formula is C30H36F3N3O6. The van der Waals surface area contributed by atoms with E-state index in [-0.39, 0.29) is 43.8 Å². The Balaban J connectivity index is 1.35. The maximum atomic E-state index is 13.0. The monoisotopic (exact) mass is 591 g/mol. The first-order valence-electron chi connectivity index (χ1n) is 14.2. The molecule has 0 radical (unpaired) electrons. The molecule has 3 aliphatic heterocycles. The minimum Gasteiger partial charge on any atom is -0.392 e. The number of ether oxygens (including phenoxy) is 2. The molecule has 12 heteroatoms. The van der Waals surface area contributed by atoms with Crippen molar-refractivity contribution in [3.05, 3.63) is 65.2 Å². The summed E-state index contributed by atoms with van der Waals surface area (Å²) in [7, 11) is 0. The van der Waals surface area contributed by atoms with E-state index in [1.54, 1.807) is 24.3 Å². The molecule has 6 atom stereocenters. The van der Waals surface area contributed by atoms with Crippen molar-refractivity contribution in [2.24, 2.45) is 5.92 Å². The number of aliphatic hydroxyl groups excluding tert-OH is 2. The van der Waals surface area contributed by atoms with Crippen molar-refractivity contribution in [1.29, 1.82) is 0 Å². The van der Waals surface area contributed by atoms with Crippen molar-refractivity contribution in [2.45, 2.75) is 69.6 Å². The Labute approximate surface area is 242 Å². The summed E-state index contributed by atoms with van der Waals surface area (Å²) in [4.78, 5) is 27.5. The molecule has 0 aromatic heterocycles. The lowest BCUT2D eigenvalue weighted by Crippen LogP contribution is -2.48. The number of hydrogen-bond donors (Lipinski definition) is 3. The van der Waals surface area contributed by atoms with Crippen LogP contribution in [0.3, 0.4) is 0 Å². The van der Waals surface area contributed by atoms with Crippen molar-refractivity contribution in [2.75, 3.05) is 31.5 Å². The lowest BCUT2D eigenvalue weighted by molar-refractivity contribution is -0.276. The highest BCUT2D eigenvalue weighted by atomic mass is 19.4. The van der Waals surface area contributed by atoms with E-state index in [1.807, 2.05) is 31.2 Å². The molecule has 0 bridgehead atoms. The highest BCUT2D eigenvalue weighted by molar-refractivity contribution is 5.98. The Morgan fingerprint density at radius 2 is 1.81 bits per heavy atom. The number of alkyl halides is 3. The Hall–Kier alpha value is -3.03. The van der Waals surface area contributed by atoms with Crippen LogP contribution in [0.1, 0.15) is 55.3 Å². The number of halogens is 3. The number of carbonyl (C=O) groups is 2. The molecule has 228 valence electrons. The number of β-amino-alcohol motifs (C(OH)–C–C–N with tert-alkyl or cyclic N) is 1. The van der Waals surface area contributed by atoms with E-state index in [1.165, 1.54) is 0 Å². The van der Waals surface area contributed by atoms with E-state index in [2.05, 4.69) is 10.2 Å². The van der Waals surface area contributed by atoms with Gasteiger partial charge in [0, 0.05) is 43.3 Å². The van der Waals surface area contributed by atoms with Crippen LogP contribution < -0.4 is 5.32 Å². The van der Waals surface area contributed by atoms with Gasteiger partial charge in [0.05, 0.1) is 24.9 Å². The first-order valence-corrected chi connectivity index (χ1v) is 14.2. The molecular weight excluding hydrogens is 555 g/mol. The predicted octanol–water partition coefficient (Wildman–Crippen LogP) is 3.53. The van der Waals surface area contributed by atoms with E-state index in [0.717, 1.165) is 17.7 Å². The Kier molecular flexibility index (Phi) is 9.19. The molecule has 3 heterocycles. The maximum absolute atomic E-state index is 13.0. The minimum atomic E-state index is -5.05. The molecule has 9 nitrogen and oxygen atoms in total. The fraction of sp³-hybridized carbons (Fsp3) is 0.533. The Morgan fingerprint density at radius 1 is 1.05 bits per heavy atom. The van der Waals surface area contributed by atoms with Crippen LogP contribution in [0.2, 0.25) is 0 Å². The van der Waals surface area contributed by atoms with E-state index in [0.29, 0.717) is 42.1 Å². The summed E-state index contributed by atoms with van der Waals surface area (Å²) in [5.74, 6) is -2.75. The van der Waals surface area contributed by atoms with Gasteiger partial charge in [0.2, 0.25) is 5.91 Å². The topological polar surface area (TPSA) is 112 Å². The molecule has 5 rings (SSSR count). The zero-order chi connectivity index (χ0) is 30.0. The molecule has 0 saturated carbocycles. The van der Waals surface area contributed by atoms with Crippen LogP contribution in [-0.2, 0) is 25.7 Å². The second-order valence-electron chi connectivity index (χ2n) is 11.3. The fourth-order valence-corrected chi connectivity index (χ4v) is 5.99. The number of anilines is 1. The number of hydrogen-bond acceptors (Lipinski definition) is 7. The number of amides is 2. The summed E-state index contributed by atoms with van der Waals surface area (Å²) >= 11 is 0. The third kappa shape index (κ3) is 6.78. The summed E-state index contributed by atoms with van der Waals surface area (Å²) in [6.45, 7) is 3.74. The van der Waals surface area contributed by atoms with E-state index in [9.17, 15) is 33.0 Å². The standard InChI is InChI=1S/C30H36F3N3O6/c1-18-25(16-35-13-11-23(38)15-35)41-28(42-26(18)20-9-7-19(17-37)8-10-20)21-4-2-5-22(14-21)34-27(39)24-6-3-12-36(24)29(40)30(31,32)33/h2,4-5,7-10,14,18,23-26,28,37-38H,3,6,11-13,15-17H2,1H3,(H,34,39)/t18-,23+,24+,25+,26+,28+/m1/s1. The summed E-state index contributed by atoms with van der Waals surface area (Å²) in [6.07, 6.45) is -5.70. The van der Waals surface area contributed by atoms with E-state index < -0.39 is 30.3 Å². The highest BCUT2D eigenvalue weighted by Crippen LogP contribution is 2.42. The third-order valence-electron chi connectivity index (χ3n) is 8.29. The van der Waals surface area contributed by atoms with Gasteiger partial charge in [0.1, 0.15) is 6.04 Å². The molecule has 0 spiro atoms. The molecule has 3 aliphatic rings. The van der Waals surface area contributed by atoms with Crippen molar-refractivity contribution >= 4 is 17.5 Å². The highest BCUT2D eigenvalue weighted by Gasteiger charge is 2.47. The molecule has 0 aliphatic carbocycles. The number of rotatable bonds is 7. The average molecular weight is 592 g/mol. The average Bonchev–Trinajstić information content (AvgIpc) is 3.62. The summed E-state index contributed by atoms with van der Waals surface area (Å²) in [6, 6.07) is 13.1. The van der Waals surface area contributed by atoms with Crippen LogP contribution in [0.5, 0.6) is 0 Å². The summed E-state index contributed by atoms with van der Waals surface area (Å²) in [5.41, 5.74) is 2.65. The minimum absolute atomic E-state index is 0.0543. The first-order chi connectivity index (χ1) is 20.0. The number of likely N-dealkylation sites (tertiary alicyclic amines) is 2. The van der Waals surface area contributed by atoms with Crippen LogP contribution >= 0.6 is 0 Å². The molecule has 42 heavy (non-hydrogen) atoms. The van der Waals surface area contributed by atoms with Gasteiger partial charge in [0.25, 0.3) is 0 Å². The zero-order valence-electron chi connectivity index (χ0n) is 23.3. The van der Waals surface area contributed by atoms with E-state index in [4.69, 9.17) is 9.47 Å². The molecule has 3 N–H and O–H groups in total. The molecule has 2 aromatic rings. The first kappa shape index (κ1) is 30.4. The number of aliphatic hydroxyl groups is 2. The molecule has 3 fully saturated rings. The van der Waals surface area contributed by atoms with Gasteiger partial charge in [-0.25, -0.2) is 0 Å². The SMILES string of the molecule is C[C@@H]1[C@H](CN2CC[C@H](O)C2)O[C@H](c2cccc(NC(=O)[C@@H]3CCCN3C(=O)C(F)(F)F)c2)O[C@@H]1c1ccc(CO)cc1. The quantitative estimate of drug-likeness (QED) is 0.452. The smallest absolute Gasteiger partial charge is 0.392 e. The van der Waals surface area contributed by atoms with Crippen LogP contribution in [-0.4, -0.2) is 82.4 Å². The van der Waals surface area contributed by atoms with Crippen molar-refractivity contribution in [3.63, 3.8) is 0 Å². The molecule has 2 aromatic carbocycles. The molecule has 0 unspecified atom stereocenters. The van der Waals surface area contributed by atoms with Gasteiger partial charge in [-0.3, -0.25) is 14.5 Å². The number of benzene rings is 2. The normalized spacial score (nSPS) is 28.7. The van der Waals surface area contributed by atoms with Gasteiger partial charge in [-0.2, -0.15) is 13.2 Å². The molecule has 2 amide bonds. The van der Waals surface area contributed by atoms with Gasteiger partial charge in [-0.05, 0) is 42.5 Å². The van der Waals surface area contributed by atoms with Crippen LogP contribution in [0, 0.1) is 5.92 Å². The summed E-state index contributed by atoms with van der Waals surface area (Å²) < 4.78 is 52.0. The second kappa shape index (κ2) is 12.7. The van der Waals surface area contributed by atoms with Crippen molar-refractivity contribution in [1.82, 2.24) is 9.80 Å². The summed E-state index contributed by atoms with van der Waals surface area (Å²) in [5, 5.41) is 22.2. The second-order valence-corrected chi connectivity index (χ2v) is 11.3. The third-order valence-corrected chi connectivity index (χ3v) is 8.29. The fourth-order valence-electron chi connectivity index (χ4n) is 5.99. The van der Waals surface area contributed by atoms with E-state index >= 15 is 0 Å². The Bertz CT molecular complexity index is 1260. The van der Waals surface area contributed by atoms with Crippen molar-refractivity contribution < 1.29 is 42.4 Å². The number of nitrogens with zero attached hydrogens (tertiary/aromatic N) is 2. The van der Waals surface area contributed by atoms with Crippen LogP contribution in [0.4, 0.5) is 18.9 Å². The van der Waals surface area contributed by atoms with Gasteiger partial charge in [0.15, 0.2) is 6.29 Å².